The summed E-state index contributed by atoms with van der Waals surface area (Å²) in [5.74, 6) is 0.666. The van der Waals surface area contributed by atoms with Crippen LogP contribution in [-0.4, -0.2) is 90.3 Å². The van der Waals surface area contributed by atoms with Crippen molar-refractivity contribution in [1.82, 2.24) is 13.5 Å². The molecule has 2 aromatic rings. The van der Waals surface area contributed by atoms with E-state index in [1.54, 1.807) is 32.9 Å². The molecule has 0 atom stereocenters. The van der Waals surface area contributed by atoms with Crippen molar-refractivity contribution in [3.05, 3.63) is 54.1 Å². The maximum absolute atomic E-state index is 13.8. The van der Waals surface area contributed by atoms with Gasteiger partial charge in [0, 0.05) is 52.5 Å². The van der Waals surface area contributed by atoms with E-state index in [1.165, 1.54) is 32.1 Å². The average molecular weight is 605 g/mol. The Kier molecular flexibility index (Phi) is 11.3. The van der Waals surface area contributed by atoms with Crippen LogP contribution in [0.5, 0.6) is 0 Å². The Labute approximate surface area is 248 Å². The molecule has 0 bridgehead atoms. The SMILES string of the molecule is Cc1ccc(S(=O)(=O)N2CCCN(CC3CCCCC3)CCCN(S(=O)(=O)c3ccc(N(C)C)cc3)CCC2)cc1. The molecule has 0 spiro atoms. The first kappa shape index (κ1) is 31.9. The molecule has 0 radical (unpaired) electrons. The first-order valence-electron chi connectivity index (χ1n) is 15.1. The molecule has 0 unspecified atom stereocenters. The molecule has 8 nitrogen and oxygen atoms in total. The molecular weight excluding hydrogens is 556 g/mol. The number of rotatable bonds is 7. The van der Waals surface area contributed by atoms with Gasteiger partial charge in [0.2, 0.25) is 20.0 Å². The lowest BCUT2D eigenvalue weighted by Crippen LogP contribution is -2.41. The number of hydrogen-bond acceptors (Lipinski definition) is 6. The third-order valence-corrected chi connectivity index (χ3v) is 12.3. The number of anilines is 1. The summed E-state index contributed by atoms with van der Waals surface area (Å²) >= 11 is 0. The molecule has 2 fully saturated rings. The molecule has 0 aromatic heterocycles. The van der Waals surface area contributed by atoms with Crippen molar-refractivity contribution >= 4 is 25.7 Å². The van der Waals surface area contributed by atoms with Gasteiger partial charge >= 0.3 is 0 Å². The second-order valence-corrected chi connectivity index (χ2v) is 15.8. The number of nitrogens with zero attached hydrogens (tertiary/aromatic N) is 4. The highest BCUT2D eigenvalue weighted by atomic mass is 32.2. The number of benzene rings is 2. The van der Waals surface area contributed by atoms with Crippen molar-refractivity contribution in [2.75, 3.05) is 64.8 Å². The van der Waals surface area contributed by atoms with Crippen molar-refractivity contribution in [3.63, 3.8) is 0 Å². The average Bonchev–Trinajstić information content (AvgIpc) is 2.95. The molecule has 2 aromatic carbocycles. The van der Waals surface area contributed by atoms with E-state index in [0.717, 1.165) is 43.7 Å². The lowest BCUT2D eigenvalue weighted by Gasteiger charge is -2.32. The van der Waals surface area contributed by atoms with Gasteiger partial charge in [0.1, 0.15) is 0 Å². The molecule has 228 valence electrons. The van der Waals surface area contributed by atoms with Crippen molar-refractivity contribution in [3.8, 4) is 0 Å². The fourth-order valence-corrected chi connectivity index (χ4v) is 9.06. The van der Waals surface area contributed by atoms with Gasteiger partial charge in [-0.3, -0.25) is 0 Å². The van der Waals surface area contributed by atoms with Crippen LogP contribution in [0.2, 0.25) is 0 Å². The number of aryl methyl sites for hydroxylation is 1. The fraction of sp³-hybridized carbons (Fsp3) is 0.613. The standard InChI is InChI=1S/C31H48N4O4S2/c1-27-12-16-30(17-13-27)40(36,37)34-22-7-20-33(26-28-10-5-4-6-11-28)21-8-23-35(25-9-24-34)41(38,39)31-18-14-29(15-19-31)32(2)3/h12-19,28H,4-11,20-26H2,1-3H3. The summed E-state index contributed by atoms with van der Waals surface area (Å²) in [4.78, 5) is 4.96. The van der Waals surface area contributed by atoms with Crippen LogP contribution in [-0.2, 0) is 20.0 Å². The Morgan fingerprint density at radius 3 is 1.54 bits per heavy atom. The maximum atomic E-state index is 13.8. The van der Waals surface area contributed by atoms with Crippen molar-refractivity contribution < 1.29 is 16.8 Å². The Hall–Kier alpha value is -1.98. The largest absolute Gasteiger partial charge is 0.378 e. The molecule has 0 amide bonds. The van der Waals surface area contributed by atoms with E-state index < -0.39 is 20.0 Å². The monoisotopic (exact) mass is 604 g/mol. The molecule has 1 saturated heterocycles. The van der Waals surface area contributed by atoms with Crippen LogP contribution in [0.1, 0.15) is 56.9 Å². The normalized spacial score (nSPS) is 20.3. The van der Waals surface area contributed by atoms with E-state index in [0.29, 0.717) is 30.3 Å². The van der Waals surface area contributed by atoms with Gasteiger partial charge in [-0.25, -0.2) is 16.8 Å². The van der Waals surface area contributed by atoms with Gasteiger partial charge in [-0.2, -0.15) is 8.61 Å². The maximum Gasteiger partial charge on any atom is 0.243 e. The van der Waals surface area contributed by atoms with Crippen LogP contribution in [0.3, 0.4) is 0 Å². The molecule has 1 saturated carbocycles. The van der Waals surface area contributed by atoms with Gasteiger partial charge in [0.25, 0.3) is 0 Å². The molecule has 4 rings (SSSR count). The Balaban J connectivity index is 1.56. The van der Waals surface area contributed by atoms with Crippen molar-refractivity contribution in [2.45, 2.75) is 68.1 Å². The highest BCUT2D eigenvalue weighted by Gasteiger charge is 2.28. The van der Waals surface area contributed by atoms with Crippen LogP contribution in [0, 0.1) is 12.8 Å². The highest BCUT2D eigenvalue weighted by molar-refractivity contribution is 7.89. The van der Waals surface area contributed by atoms with Gasteiger partial charge < -0.3 is 9.80 Å². The number of sulfonamides is 2. The fourth-order valence-electron chi connectivity index (χ4n) is 6.02. The Morgan fingerprint density at radius 2 is 1.07 bits per heavy atom. The van der Waals surface area contributed by atoms with Gasteiger partial charge in [-0.1, -0.05) is 37.0 Å². The third kappa shape index (κ3) is 8.54. The molecule has 41 heavy (non-hydrogen) atoms. The quantitative estimate of drug-likeness (QED) is 0.451. The van der Waals surface area contributed by atoms with E-state index in [9.17, 15) is 16.8 Å². The second-order valence-electron chi connectivity index (χ2n) is 11.9. The second kappa shape index (κ2) is 14.5. The van der Waals surface area contributed by atoms with Crippen LogP contribution in [0.4, 0.5) is 5.69 Å². The van der Waals surface area contributed by atoms with Crippen LogP contribution >= 0.6 is 0 Å². The lowest BCUT2D eigenvalue weighted by molar-refractivity contribution is 0.185. The van der Waals surface area contributed by atoms with E-state index in [-0.39, 0.29) is 18.0 Å². The van der Waals surface area contributed by atoms with Crippen LogP contribution < -0.4 is 4.90 Å². The molecule has 10 heteroatoms. The van der Waals surface area contributed by atoms with E-state index in [2.05, 4.69) is 4.90 Å². The summed E-state index contributed by atoms with van der Waals surface area (Å²) in [6, 6.07) is 14.0. The minimum absolute atomic E-state index is 0.276. The highest BCUT2D eigenvalue weighted by Crippen LogP contribution is 2.26. The predicted molar refractivity (Wildman–Crippen MR) is 166 cm³/mol. The van der Waals surface area contributed by atoms with Gasteiger partial charge in [-0.05, 0) is 94.4 Å². The van der Waals surface area contributed by atoms with E-state index >= 15 is 0 Å². The van der Waals surface area contributed by atoms with Gasteiger partial charge in [0.05, 0.1) is 9.79 Å². The molecular formula is C31H48N4O4S2. The van der Waals surface area contributed by atoms with Gasteiger partial charge in [0.15, 0.2) is 0 Å². The summed E-state index contributed by atoms with van der Waals surface area (Å²) in [7, 11) is -3.56. The van der Waals surface area contributed by atoms with E-state index in [1.807, 2.05) is 50.2 Å². The van der Waals surface area contributed by atoms with Crippen molar-refractivity contribution in [2.24, 2.45) is 5.92 Å². The zero-order chi connectivity index (χ0) is 29.5. The Morgan fingerprint density at radius 1 is 0.634 bits per heavy atom. The molecule has 2 aliphatic rings. The smallest absolute Gasteiger partial charge is 0.243 e. The summed E-state index contributed by atoms with van der Waals surface area (Å²) in [5.41, 5.74) is 1.95. The van der Waals surface area contributed by atoms with Crippen molar-refractivity contribution in [1.29, 1.82) is 0 Å². The number of hydrogen-bond donors (Lipinski definition) is 0. The summed E-state index contributed by atoms with van der Waals surface area (Å²) in [6.45, 7) is 5.98. The van der Waals surface area contributed by atoms with Crippen LogP contribution in [0.15, 0.2) is 58.3 Å². The Bertz CT molecular complexity index is 1310. The minimum atomic E-state index is -3.72. The first-order chi connectivity index (χ1) is 19.6. The third-order valence-electron chi connectivity index (χ3n) is 8.47. The summed E-state index contributed by atoms with van der Waals surface area (Å²) in [6.07, 6.45) is 8.31. The van der Waals surface area contributed by atoms with Gasteiger partial charge in [-0.15, -0.1) is 0 Å². The lowest BCUT2D eigenvalue weighted by atomic mass is 9.89. The minimum Gasteiger partial charge on any atom is -0.378 e. The molecule has 1 aliphatic carbocycles. The predicted octanol–water partition coefficient (Wildman–Crippen LogP) is 4.81. The zero-order valence-corrected chi connectivity index (χ0v) is 26.7. The first-order valence-corrected chi connectivity index (χ1v) is 18.0. The molecule has 1 aliphatic heterocycles. The topological polar surface area (TPSA) is 81.2 Å². The zero-order valence-electron chi connectivity index (χ0n) is 25.0. The summed E-state index contributed by atoms with van der Waals surface area (Å²) in [5, 5.41) is 0. The van der Waals surface area contributed by atoms with E-state index in [4.69, 9.17) is 0 Å². The molecule has 0 N–H and O–H groups in total. The molecule has 1 heterocycles. The summed E-state index contributed by atoms with van der Waals surface area (Å²) < 4.78 is 58.0. The van der Waals surface area contributed by atoms with Crippen LogP contribution in [0.25, 0.3) is 0 Å².